The third-order valence-corrected chi connectivity index (χ3v) is 4.99. The number of hydrogen-bond donors (Lipinski definition) is 2. The van der Waals surface area contributed by atoms with Gasteiger partial charge in [0, 0.05) is 40.1 Å². The van der Waals surface area contributed by atoms with E-state index in [4.69, 9.17) is 4.74 Å². The van der Waals surface area contributed by atoms with Crippen LogP contribution < -0.4 is 10.1 Å². The second kappa shape index (κ2) is 7.64. The molecule has 0 aliphatic rings. The number of nitrogens with one attached hydrogen (secondary N) is 2. The minimum Gasteiger partial charge on any atom is -0.481 e. The molecule has 0 spiro atoms. The molecule has 144 valence electrons. The number of nitrogens with zero attached hydrogens (tertiary/aromatic N) is 1. The van der Waals surface area contributed by atoms with Crippen molar-refractivity contribution in [3.05, 3.63) is 79.0 Å². The number of pyridine rings is 1. The smallest absolute Gasteiger partial charge is 0.247 e. The summed E-state index contributed by atoms with van der Waals surface area (Å²) in [6.45, 7) is 5.53. The lowest BCUT2D eigenvalue weighted by atomic mass is 9.96. The minimum absolute atomic E-state index is 0.223. The zero-order valence-corrected chi connectivity index (χ0v) is 16.3. The first kappa shape index (κ1) is 18.5. The molecule has 2 N–H and O–H groups in total. The third-order valence-electron chi connectivity index (χ3n) is 4.99. The topological polar surface area (TPSA) is 67.0 Å². The molecular formula is C24H21N3O2. The number of H-pyrrole nitrogens is 1. The highest BCUT2D eigenvalue weighted by Gasteiger charge is 2.13. The number of amides is 1. The summed E-state index contributed by atoms with van der Waals surface area (Å²) >= 11 is 0. The Balaban J connectivity index is 1.81. The van der Waals surface area contributed by atoms with Crippen molar-refractivity contribution in [1.82, 2.24) is 9.97 Å². The van der Waals surface area contributed by atoms with E-state index in [0.29, 0.717) is 5.88 Å². The summed E-state index contributed by atoms with van der Waals surface area (Å²) in [4.78, 5) is 19.5. The molecule has 2 aromatic heterocycles. The number of anilines is 1. The van der Waals surface area contributed by atoms with E-state index in [2.05, 4.69) is 46.1 Å². The average molecular weight is 383 g/mol. The van der Waals surface area contributed by atoms with E-state index in [0.717, 1.165) is 44.5 Å². The number of rotatable bonds is 5. The van der Waals surface area contributed by atoms with Crippen molar-refractivity contribution < 1.29 is 9.53 Å². The van der Waals surface area contributed by atoms with Gasteiger partial charge in [-0.25, -0.2) is 4.98 Å². The van der Waals surface area contributed by atoms with Gasteiger partial charge in [-0.05, 0) is 54.0 Å². The lowest BCUT2D eigenvalue weighted by Gasteiger charge is -2.12. The molecule has 2 heterocycles. The normalized spacial score (nSPS) is 10.7. The number of carbonyl (C=O) groups is 1. The highest BCUT2D eigenvalue weighted by molar-refractivity contribution is 6.02. The maximum atomic E-state index is 11.8. The fourth-order valence-corrected chi connectivity index (χ4v) is 3.45. The predicted molar refractivity (Wildman–Crippen MR) is 117 cm³/mol. The second-order valence-electron chi connectivity index (χ2n) is 6.71. The molecule has 29 heavy (non-hydrogen) atoms. The number of aromatic amines is 1. The molecule has 4 rings (SSSR count). The second-order valence-corrected chi connectivity index (χ2v) is 6.71. The van der Waals surface area contributed by atoms with E-state index in [-0.39, 0.29) is 5.91 Å². The van der Waals surface area contributed by atoms with Gasteiger partial charge in [0.25, 0.3) is 0 Å². The van der Waals surface area contributed by atoms with E-state index in [1.165, 1.54) is 6.08 Å². The Hall–Kier alpha value is -3.86. The molecule has 0 bridgehead atoms. The van der Waals surface area contributed by atoms with Crippen LogP contribution in [0, 0.1) is 6.92 Å². The van der Waals surface area contributed by atoms with Gasteiger partial charge in [0.1, 0.15) is 0 Å². The lowest BCUT2D eigenvalue weighted by molar-refractivity contribution is -0.111. The molecule has 5 nitrogen and oxygen atoms in total. The van der Waals surface area contributed by atoms with Crippen LogP contribution in [0.5, 0.6) is 5.88 Å². The van der Waals surface area contributed by atoms with Gasteiger partial charge in [-0.1, -0.05) is 30.8 Å². The highest BCUT2D eigenvalue weighted by atomic mass is 16.5. The zero-order chi connectivity index (χ0) is 20.4. The Morgan fingerprint density at radius 1 is 1.14 bits per heavy atom. The molecule has 0 atom stereocenters. The summed E-state index contributed by atoms with van der Waals surface area (Å²) in [6, 6.07) is 18.0. The van der Waals surface area contributed by atoms with Gasteiger partial charge < -0.3 is 15.0 Å². The largest absolute Gasteiger partial charge is 0.481 e. The van der Waals surface area contributed by atoms with Crippen LogP contribution in [-0.2, 0) is 4.79 Å². The van der Waals surface area contributed by atoms with Gasteiger partial charge in [-0.3, -0.25) is 4.79 Å². The molecule has 0 unspecified atom stereocenters. The minimum atomic E-state index is -0.223. The first-order valence-electron chi connectivity index (χ1n) is 9.26. The molecule has 0 saturated heterocycles. The molecule has 0 fully saturated rings. The first-order valence-corrected chi connectivity index (χ1v) is 9.26. The first-order chi connectivity index (χ1) is 14.1. The van der Waals surface area contributed by atoms with Crippen molar-refractivity contribution in [2.24, 2.45) is 0 Å². The van der Waals surface area contributed by atoms with E-state index in [9.17, 15) is 4.79 Å². The van der Waals surface area contributed by atoms with Crippen molar-refractivity contribution in [3.63, 3.8) is 0 Å². The van der Waals surface area contributed by atoms with Crippen LogP contribution in [0.1, 0.15) is 5.56 Å². The van der Waals surface area contributed by atoms with Gasteiger partial charge in [0.05, 0.1) is 7.11 Å². The Labute approximate surface area is 169 Å². The predicted octanol–water partition coefficient (Wildman–Crippen LogP) is 5.34. The Bertz CT molecular complexity index is 1210. The van der Waals surface area contributed by atoms with Gasteiger partial charge in [-0.15, -0.1) is 0 Å². The summed E-state index contributed by atoms with van der Waals surface area (Å²) < 4.78 is 5.14. The van der Waals surface area contributed by atoms with Gasteiger partial charge >= 0.3 is 0 Å². The van der Waals surface area contributed by atoms with Crippen LogP contribution in [0.4, 0.5) is 5.69 Å². The summed E-state index contributed by atoms with van der Waals surface area (Å²) in [5.74, 6) is 0.360. The number of aromatic nitrogens is 2. The standard InChI is InChI=1S/C24H21N3O2/c1-4-23(28)27-20-9-5-7-17(15(20)2)18-8-6-10-21-19(18)13-22(26-21)16-11-12-24(29-3)25-14-16/h4-14,26H,1H2,2-3H3,(H,27,28). The van der Waals surface area contributed by atoms with Crippen LogP contribution in [0.15, 0.2) is 73.4 Å². The van der Waals surface area contributed by atoms with Crippen LogP contribution in [0.25, 0.3) is 33.3 Å². The monoisotopic (exact) mass is 383 g/mol. The lowest BCUT2D eigenvalue weighted by Crippen LogP contribution is -2.08. The highest BCUT2D eigenvalue weighted by Crippen LogP contribution is 2.35. The molecule has 0 radical (unpaired) electrons. The fraction of sp³-hybridized carbons (Fsp3) is 0.0833. The zero-order valence-electron chi connectivity index (χ0n) is 16.3. The van der Waals surface area contributed by atoms with Crippen LogP contribution in [0.2, 0.25) is 0 Å². The summed E-state index contributed by atoms with van der Waals surface area (Å²) in [6.07, 6.45) is 3.06. The molecule has 0 aliphatic carbocycles. The van der Waals surface area contributed by atoms with E-state index < -0.39 is 0 Å². The molecule has 4 aromatic rings. The summed E-state index contributed by atoms with van der Waals surface area (Å²) in [5.41, 5.74) is 6.94. The summed E-state index contributed by atoms with van der Waals surface area (Å²) in [7, 11) is 1.60. The van der Waals surface area contributed by atoms with Crippen LogP contribution in [-0.4, -0.2) is 23.0 Å². The Kier molecular flexibility index (Phi) is 4.87. The van der Waals surface area contributed by atoms with E-state index in [1.54, 1.807) is 13.3 Å². The van der Waals surface area contributed by atoms with Crippen molar-refractivity contribution in [3.8, 4) is 28.3 Å². The molecule has 0 saturated carbocycles. The van der Waals surface area contributed by atoms with Gasteiger partial charge in [0.15, 0.2) is 0 Å². The molecular weight excluding hydrogens is 362 g/mol. The molecule has 0 aliphatic heterocycles. The van der Waals surface area contributed by atoms with Crippen molar-refractivity contribution in [2.45, 2.75) is 6.92 Å². The number of methoxy groups -OCH3 is 1. The summed E-state index contributed by atoms with van der Waals surface area (Å²) in [5, 5.41) is 3.98. The number of benzene rings is 2. The van der Waals surface area contributed by atoms with Crippen molar-refractivity contribution >= 4 is 22.5 Å². The van der Waals surface area contributed by atoms with Gasteiger partial charge in [-0.2, -0.15) is 0 Å². The molecule has 1 amide bonds. The van der Waals surface area contributed by atoms with E-state index >= 15 is 0 Å². The maximum Gasteiger partial charge on any atom is 0.247 e. The SMILES string of the molecule is C=CC(=O)Nc1cccc(-c2cccc3[nH]c(-c4ccc(OC)nc4)cc23)c1C. The Morgan fingerprint density at radius 3 is 2.66 bits per heavy atom. The van der Waals surface area contributed by atoms with Gasteiger partial charge in [0.2, 0.25) is 11.8 Å². The number of ether oxygens (including phenoxy) is 1. The molecule has 5 heteroatoms. The van der Waals surface area contributed by atoms with Crippen molar-refractivity contribution in [2.75, 3.05) is 12.4 Å². The van der Waals surface area contributed by atoms with Crippen molar-refractivity contribution in [1.29, 1.82) is 0 Å². The molecule has 2 aromatic carbocycles. The number of hydrogen-bond acceptors (Lipinski definition) is 3. The number of carbonyl (C=O) groups excluding carboxylic acids is 1. The average Bonchev–Trinajstić information content (AvgIpc) is 3.20. The maximum absolute atomic E-state index is 11.8. The quantitative estimate of drug-likeness (QED) is 0.457. The number of fused-ring (bicyclic) bond motifs is 1. The third kappa shape index (κ3) is 3.50. The van der Waals surface area contributed by atoms with Crippen LogP contribution >= 0.6 is 0 Å². The van der Waals surface area contributed by atoms with Crippen LogP contribution in [0.3, 0.4) is 0 Å². The fourth-order valence-electron chi connectivity index (χ4n) is 3.45. The Morgan fingerprint density at radius 2 is 1.93 bits per heavy atom. The van der Waals surface area contributed by atoms with E-state index in [1.807, 2.05) is 37.3 Å².